The van der Waals surface area contributed by atoms with Gasteiger partial charge in [0.1, 0.15) is 5.82 Å². The van der Waals surface area contributed by atoms with Crippen molar-refractivity contribution in [3.8, 4) is 0 Å². The number of hydrogen-bond donors (Lipinski definition) is 0. The third-order valence-electron chi connectivity index (χ3n) is 4.68. The summed E-state index contributed by atoms with van der Waals surface area (Å²) in [5.74, 6) is -0.00854. The molecule has 6 heteroatoms. The quantitative estimate of drug-likeness (QED) is 0.802. The number of benzene rings is 1. The average Bonchev–Trinajstić information content (AvgIpc) is 3.42. The molecule has 0 bridgehead atoms. The van der Waals surface area contributed by atoms with Crippen LogP contribution in [0.25, 0.3) is 0 Å². The van der Waals surface area contributed by atoms with Gasteiger partial charge in [-0.2, -0.15) is 0 Å². The zero-order valence-corrected chi connectivity index (χ0v) is 14.3. The molecule has 26 heavy (non-hydrogen) atoms. The lowest BCUT2D eigenvalue weighted by Gasteiger charge is -2.25. The van der Waals surface area contributed by atoms with Crippen LogP contribution in [0.5, 0.6) is 0 Å². The molecule has 2 aromatic rings. The second-order valence-electron chi connectivity index (χ2n) is 6.83. The van der Waals surface area contributed by atoms with Gasteiger partial charge in [0, 0.05) is 36.8 Å². The van der Waals surface area contributed by atoms with E-state index in [1.807, 2.05) is 17.0 Å². The highest BCUT2D eigenvalue weighted by Gasteiger charge is 2.35. The number of carbonyl (C=O) groups is 1. The van der Waals surface area contributed by atoms with E-state index >= 15 is 0 Å². The maximum atomic E-state index is 13.1. The fourth-order valence-corrected chi connectivity index (χ4v) is 3.11. The first-order valence-corrected chi connectivity index (χ1v) is 8.85. The Morgan fingerprint density at radius 1 is 1.23 bits per heavy atom. The predicted molar refractivity (Wildman–Crippen MR) is 94.8 cm³/mol. The summed E-state index contributed by atoms with van der Waals surface area (Å²) in [6.07, 6.45) is 5.84. The van der Waals surface area contributed by atoms with Crippen molar-refractivity contribution in [1.82, 2.24) is 9.88 Å². The highest BCUT2D eigenvalue weighted by Crippen LogP contribution is 2.32. The molecule has 1 atom stereocenters. The molecule has 2 heterocycles. The number of amides is 1. The fourth-order valence-electron chi connectivity index (χ4n) is 3.11. The van der Waals surface area contributed by atoms with Gasteiger partial charge < -0.3 is 9.74 Å². The van der Waals surface area contributed by atoms with Crippen molar-refractivity contribution in [2.75, 3.05) is 6.54 Å². The molecule has 0 unspecified atom stereocenters. The Morgan fingerprint density at radius 2 is 2.04 bits per heavy atom. The van der Waals surface area contributed by atoms with Crippen molar-refractivity contribution in [1.29, 1.82) is 0 Å². The molecule has 0 radical (unpaired) electrons. The monoisotopic (exact) mass is 353 g/mol. The second kappa shape index (κ2) is 7.23. The molecule has 5 nitrogen and oxygen atoms in total. The van der Waals surface area contributed by atoms with E-state index in [2.05, 4.69) is 10.1 Å². The number of nitrogens with zero attached hydrogens (tertiary/aromatic N) is 3. The smallest absolute Gasteiger partial charge is 0.226 e. The summed E-state index contributed by atoms with van der Waals surface area (Å²) in [5.41, 5.74) is 2.70. The number of oxime groups is 1. The number of aromatic nitrogens is 1. The van der Waals surface area contributed by atoms with Crippen LogP contribution in [0, 0.1) is 11.7 Å². The number of carbonyl (C=O) groups excluding carboxylic acids is 1. The summed E-state index contributed by atoms with van der Waals surface area (Å²) in [6, 6.07) is 10.1. The van der Waals surface area contributed by atoms with Crippen LogP contribution >= 0.6 is 0 Å². The van der Waals surface area contributed by atoms with Crippen LogP contribution in [0.3, 0.4) is 0 Å². The predicted octanol–water partition coefficient (Wildman–Crippen LogP) is 3.15. The second-order valence-corrected chi connectivity index (χ2v) is 6.83. The van der Waals surface area contributed by atoms with Gasteiger partial charge in [-0.05, 0) is 42.7 Å². The van der Waals surface area contributed by atoms with Crippen molar-refractivity contribution >= 4 is 11.6 Å². The van der Waals surface area contributed by atoms with E-state index in [0.29, 0.717) is 19.5 Å². The topological polar surface area (TPSA) is 54.8 Å². The lowest BCUT2D eigenvalue weighted by atomic mass is 10.1. The highest BCUT2D eigenvalue weighted by molar-refractivity contribution is 6.01. The summed E-state index contributed by atoms with van der Waals surface area (Å²) < 4.78 is 13.1. The summed E-state index contributed by atoms with van der Waals surface area (Å²) >= 11 is 0. The van der Waals surface area contributed by atoms with Crippen LogP contribution in [0.1, 0.15) is 30.4 Å². The van der Waals surface area contributed by atoms with E-state index in [9.17, 15) is 9.18 Å². The lowest BCUT2D eigenvalue weighted by Crippen LogP contribution is -2.38. The fraction of sp³-hybridized carbons (Fsp3) is 0.350. The summed E-state index contributed by atoms with van der Waals surface area (Å²) in [5, 5.41) is 4.17. The molecule has 0 N–H and O–H groups in total. The molecular weight excluding hydrogens is 333 g/mol. The minimum atomic E-state index is -0.276. The lowest BCUT2D eigenvalue weighted by molar-refractivity contribution is -0.135. The van der Waals surface area contributed by atoms with Crippen molar-refractivity contribution in [3.63, 3.8) is 0 Å². The number of pyridine rings is 1. The van der Waals surface area contributed by atoms with Gasteiger partial charge in [0.25, 0.3) is 0 Å². The molecule has 1 aliphatic carbocycles. The Bertz CT molecular complexity index is 804. The summed E-state index contributed by atoms with van der Waals surface area (Å²) in [4.78, 5) is 24.2. The van der Waals surface area contributed by atoms with Gasteiger partial charge in [-0.3, -0.25) is 9.78 Å². The maximum Gasteiger partial charge on any atom is 0.226 e. The van der Waals surface area contributed by atoms with Gasteiger partial charge in [0.15, 0.2) is 6.10 Å². The van der Waals surface area contributed by atoms with Crippen LogP contribution < -0.4 is 0 Å². The zero-order valence-electron chi connectivity index (χ0n) is 14.3. The Labute approximate surface area is 151 Å². The maximum absolute atomic E-state index is 13.1. The molecule has 134 valence electrons. The van der Waals surface area contributed by atoms with E-state index in [4.69, 9.17) is 4.84 Å². The third-order valence-corrected chi connectivity index (χ3v) is 4.68. The minimum Gasteiger partial charge on any atom is -0.390 e. The molecular formula is C20H20FN3O2. The Balaban J connectivity index is 1.42. The molecule has 1 aromatic carbocycles. The van der Waals surface area contributed by atoms with Crippen molar-refractivity contribution in [2.24, 2.45) is 11.1 Å². The molecule has 2 aliphatic rings. The Morgan fingerprint density at radius 3 is 2.73 bits per heavy atom. The van der Waals surface area contributed by atoms with Crippen LogP contribution in [-0.4, -0.2) is 34.2 Å². The van der Waals surface area contributed by atoms with Crippen LogP contribution in [0.15, 0.2) is 53.9 Å². The minimum absolute atomic E-state index is 0.121. The molecule has 1 aromatic heterocycles. The number of hydrogen-bond acceptors (Lipinski definition) is 4. The Kier molecular flexibility index (Phi) is 4.65. The van der Waals surface area contributed by atoms with E-state index < -0.39 is 0 Å². The zero-order chi connectivity index (χ0) is 17.9. The molecule has 0 saturated heterocycles. The molecule has 0 spiro atoms. The summed E-state index contributed by atoms with van der Waals surface area (Å²) in [7, 11) is 0. The van der Waals surface area contributed by atoms with Gasteiger partial charge in [0.2, 0.25) is 5.91 Å². The molecule has 1 amide bonds. The van der Waals surface area contributed by atoms with Gasteiger partial charge in [0.05, 0.1) is 12.3 Å². The molecule has 4 rings (SSSR count). The molecule has 1 fully saturated rings. The first kappa shape index (κ1) is 16.7. The largest absolute Gasteiger partial charge is 0.390 e. The summed E-state index contributed by atoms with van der Waals surface area (Å²) in [6.45, 7) is 0.928. The van der Waals surface area contributed by atoms with Gasteiger partial charge in [-0.25, -0.2) is 4.39 Å². The highest BCUT2D eigenvalue weighted by atomic mass is 19.1. The molecule has 1 aliphatic heterocycles. The van der Waals surface area contributed by atoms with Gasteiger partial charge in [-0.1, -0.05) is 17.3 Å². The van der Waals surface area contributed by atoms with Crippen molar-refractivity contribution in [2.45, 2.75) is 31.9 Å². The van der Waals surface area contributed by atoms with Crippen LogP contribution in [0.2, 0.25) is 0 Å². The van der Waals surface area contributed by atoms with Crippen LogP contribution in [-0.2, 0) is 16.2 Å². The van der Waals surface area contributed by atoms with Crippen LogP contribution in [0.4, 0.5) is 4.39 Å². The van der Waals surface area contributed by atoms with E-state index in [1.165, 1.54) is 12.1 Å². The third kappa shape index (κ3) is 3.90. The average molecular weight is 353 g/mol. The van der Waals surface area contributed by atoms with E-state index in [-0.39, 0.29) is 23.7 Å². The van der Waals surface area contributed by atoms with Crippen molar-refractivity contribution in [3.05, 3.63) is 65.7 Å². The normalized spacial score (nSPS) is 19.0. The standard InChI is InChI=1S/C20H20FN3O2/c21-17-7-3-14(4-8-17)12-24(20(25)15-5-6-15)13-18-10-19(23-26-18)16-2-1-9-22-11-16/h1-4,7-9,11,15,18H,5-6,10,12-13H2/t18-/m0/s1. The first-order chi connectivity index (χ1) is 12.7. The number of rotatable bonds is 6. The van der Waals surface area contributed by atoms with E-state index in [0.717, 1.165) is 29.7 Å². The molecule has 1 saturated carbocycles. The van der Waals surface area contributed by atoms with Gasteiger partial charge in [-0.15, -0.1) is 0 Å². The van der Waals surface area contributed by atoms with Crippen molar-refractivity contribution < 1.29 is 14.0 Å². The van der Waals surface area contributed by atoms with Gasteiger partial charge >= 0.3 is 0 Å². The SMILES string of the molecule is O=C(C1CC1)N(Cc1ccc(F)cc1)C[C@@H]1CC(c2cccnc2)=NO1. The Hall–Kier alpha value is -2.76. The van der Waals surface area contributed by atoms with E-state index in [1.54, 1.807) is 24.5 Å². The number of halogens is 1. The first-order valence-electron chi connectivity index (χ1n) is 8.85.